The van der Waals surface area contributed by atoms with E-state index in [9.17, 15) is 4.79 Å². The van der Waals surface area contributed by atoms with Crippen molar-refractivity contribution in [1.82, 2.24) is 5.32 Å². The Bertz CT molecular complexity index is 642. The summed E-state index contributed by atoms with van der Waals surface area (Å²) < 4.78 is 5.54. The monoisotopic (exact) mass is 314 g/mol. The van der Waals surface area contributed by atoms with Gasteiger partial charge in [-0.15, -0.1) is 0 Å². The van der Waals surface area contributed by atoms with Gasteiger partial charge in [-0.05, 0) is 35.7 Å². The number of nitrogens with one attached hydrogen (secondary N) is 1. The van der Waals surface area contributed by atoms with E-state index in [4.69, 9.17) is 10.5 Å². The molecule has 0 aromatic heterocycles. The molecule has 4 nitrogen and oxygen atoms in total. The summed E-state index contributed by atoms with van der Waals surface area (Å²) in [6, 6.07) is 14.1. The van der Waals surface area contributed by atoms with Crippen LogP contribution in [0.3, 0.4) is 0 Å². The van der Waals surface area contributed by atoms with E-state index in [1.165, 1.54) is 5.39 Å². The van der Waals surface area contributed by atoms with Crippen LogP contribution in [0.4, 0.5) is 0 Å². The molecule has 2 aromatic carbocycles. The van der Waals surface area contributed by atoms with E-state index in [-0.39, 0.29) is 11.9 Å². The lowest BCUT2D eigenvalue weighted by molar-refractivity contribution is -0.132. The molecule has 0 saturated heterocycles. The van der Waals surface area contributed by atoms with Gasteiger partial charge in [0.25, 0.3) is 0 Å². The minimum Gasteiger partial charge on any atom is -0.369 e. The summed E-state index contributed by atoms with van der Waals surface area (Å²) in [6.07, 6.45) is 1.55. The molecule has 23 heavy (non-hydrogen) atoms. The summed E-state index contributed by atoms with van der Waals surface area (Å²) >= 11 is 0. The fourth-order valence-corrected chi connectivity index (χ4v) is 2.47. The summed E-state index contributed by atoms with van der Waals surface area (Å²) in [6.45, 7) is 4.83. The minimum absolute atomic E-state index is 0.121. The number of hydrogen-bond acceptors (Lipinski definition) is 3. The quantitative estimate of drug-likeness (QED) is 0.736. The van der Waals surface area contributed by atoms with Crippen LogP contribution < -0.4 is 11.1 Å². The molecule has 2 rings (SSSR count). The predicted molar refractivity (Wildman–Crippen MR) is 94.2 cm³/mol. The Kier molecular flexibility index (Phi) is 6.56. The second kappa shape index (κ2) is 8.65. The molecular weight excluding hydrogens is 288 g/mol. The number of carbonyl (C=O) groups is 1. The van der Waals surface area contributed by atoms with Crippen molar-refractivity contribution < 1.29 is 9.53 Å². The molecule has 0 radical (unpaired) electrons. The van der Waals surface area contributed by atoms with Gasteiger partial charge in [-0.1, -0.05) is 49.7 Å². The first kappa shape index (κ1) is 17.4. The Morgan fingerprint density at radius 3 is 2.65 bits per heavy atom. The van der Waals surface area contributed by atoms with Gasteiger partial charge in [0.1, 0.15) is 6.10 Å². The zero-order valence-electron chi connectivity index (χ0n) is 13.9. The fourth-order valence-electron chi connectivity index (χ4n) is 2.47. The van der Waals surface area contributed by atoms with Crippen LogP contribution in [0.15, 0.2) is 42.5 Å². The molecule has 2 unspecified atom stereocenters. The Hall–Kier alpha value is -1.91. The van der Waals surface area contributed by atoms with Crippen molar-refractivity contribution >= 4 is 16.7 Å². The van der Waals surface area contributed by atoms with E-state index in [0.29, 0.717) is 13.2 Å². The van der Waals surface area contributed by atoms with Gasteiger partial charge in [-0.3, -0.25) is 4.79 Å². The van der Waals surface area contributed by atoms with Crippen molar-refractivity contribution in [2.75, 3.05) is 13.2 Å². The molecular formula is C19H26N2O2. The summed E-state index contributed by atoms with van der Waals surface area (Å²) in [5.74, 6) is -0.121. The zero-order chi connectivity index (χ0) is 16.7. The molecule has 0 spiro atoms. The third kappa shape index (κ3) is 4.78. The van der Waals surface area contributed by atoms with Gasteiger partial charge in [0.15, 0.2) is 0 Å². The molecule has 0 aliphatic heterocycles. The Morgan fingerprint density at radius 2 is 1.96 bits per heavy atom. The van der Waals surface area contributed by atoms with Crippen LogP contribution in [0.25, 0.3) is 10.8 Å². The first-order valence-corrected chi connectivity index (χ1v) is 8.26. The van der Waals surface area contributed by atoms with Gasteiger partial charge in [0.05, 0.1) is 6.04 Å². The maximum absolute atomic E-state index is 12.3. The Balaban J connectivity index is 2.04. The third-order valence-electron chi connectivity index (χ3n) is 3.96. The van der Waals surface area contributed by atoms with Gasteiger partial charge in [0, 0.05) is 13.2 Å². The number of ether oxygens (including phenoxy) is 1. The third-order valence-corrected chi connectivity index (χ3v) is 3.96. The van der Waals surface area contributed by atoms with Crippen LogP contribution in [-0.2, 0) is 9.53 Å². The number of carbonyl (C=O) groups excluding carboxylic acids is 1. The van der Waals surface area contributed by atoms with Crippen molar-refractivity contribution in [2.24, 2.45) is 5.73 Å². The lowest BCUT2D eigenvalue weighted by atomic mass is 10.0. The Labute approximate surface area is 138 Å². The summed E-state index contributed by atoms with van der Waals surface area (Å²) in [7, 11) is 0. The number of nitrogens with two attached hydrogens (primary N) is 1. The number of fused-ring (bicyclic) bond motifs is 1. The van der Waals surface area contributed by atoms with Crippen LogP contribution in [-0.4, -0.2) is 25.2 Å². The molecule has 0 bridgehead atoms. The molecule has 0 fully saturated rings. The first-order valence-electron chi connectivity index (χ1n) is 8.26. The van der Waals surface area contributed by atoms with E-state index < -0.39 is 6.10 Å². The van der Waals surface area contributed by atoms with Crippen molar-refractivity contribution in [3.05, 3.63) is 48.0 Å². The molecule has 0 aliphatic rings. The Morgan fingerprint density at radius 1 is 1.22 bits per heavy atom. The van der Waals surface area contributed by atoms with E-state index in [1.807, 2.05) is 18.2 Å². The van der Waals surface area contributed by atoms with Crippen LogP contribution in [0, 0.1) is 0 Å². The van der Waals surface area contributed by atoms with Gasteiger partial charge < -0.3 is 15.8 Å². The topological polar surface area (TPSA) is 64.3 Å². The highest BCUT2D eigenvalue weighted by Gasteiger charge is 2.18. The van der Waals surface area contributed by atoms with Gasteiger partial charge in [-0.25, -0.2) is 0 Å². The lowest BCUT2D eigenvalue weighted by Gasteiger charge is -2.21. The van der Waals surface area contributed by atoms with Crippen LogP contribution in [0.2, 0.25) is 0 Å². The zero-order valence-corrected chi connectivity index (χ0v) is 13.9. The second-order valence-electron chi connectivity index (χ2n) is 5.77. The standard InChI is InChI=1S/C19H26N2O2/c1-3-4-11-23-14(2)19(22)21-18(13-20)17-10-9-15-7-5-6-8-16(15)12-17/h5-10,12,14,18H,3-4,11,13,20H2,1-2H3,(H,21,22). The molecule has 2 atom stereocenters. The molecule has 0 saturated carbocycles. The van der Waals surface area contributed by atoms with Crippen LogP contribution in [0.1, 0.15) is 38.3 Å². The number of hydrogen-bond donors (Lipinski definition) is 2. The van der Waals surface area contributed by atoms with E-state index in [2.05, 4.69) is 36.5 Å². The van der Waals surface area contributed by atoms with Crippen molar-refractivity contribution in [1.29, 1.82) is 0 Å². The highest BCUT2D eigenvalue weighted by atomic mass is 16.5. The van der Waals surface area contributed by atoms with Gasteiger partial charge in [0.2, 0.25) is 5.91 Å². The number of rotatable bonds is 8. The van der Waals surface area contributed by atoms with Crippen LogP contribution >= 0.6 is 0 Å². The highest BCUT2D eigenvalue weighted by molar-refractivity contribution is 5.84. The molecule has 0 aliphatic carbocycles. The van der Waals surface area contributed by atoms with Gasteiger partial charge in [-0.2, -0.15) is 0 Å². The minimum atomic E-state index is -0.462. The second-order valence-corrected chi connectivity index (χ2v) is 5.77. The fraction of sp³-hybridized carbons (Fsp3) is 0.421. The number of amides is 1. The van der Waals surface area contributed by atoms with E-state index in [1.54, 1.807) is 6.92 Å². The molecule has 0 heterocycles. The normalized spacial score (nSPS) is 13.7. The average molecular weight is 314 g/mol. The van der Waals surface area contributed by atoms with Gasteiger partial charge >= 0.3 is 0 Å². The highest BCUT2D eigenvalue weighted by Crippen LogP contribution is 2.20. The summed E-state index contributed by atoms with van der Waals surface area (Å²) in [5, 5.41) is 5.30. The number of unbranched alkanes of at least 4 members (excludes halogenated alkanes) is 1. The smallest absolute Gasteiger partial charge is 0.249 e. The molecule has 3 N–H and O–H groups in total. The molecule has 4 heteroatoms. The molecule has 124 valence electrons. The number of benzene rings is 2. The van der Waals surface area contributed by atoms with E-state index in [0.717, 1.165) is 23.8 Å². The summed E-state index contributed by atoms with van der Waals surface area (Å²) in [4.78, 5) is 12.3. The van der Waals surface area contributed by atoms with E-state index >= 15 is 0 Å². The predicted octanol–water partition coefficient (Wildman–Crippen LogP) is 3.16. The maximum Gasteiger partial charge on any atom is 0.249 e. The van der Waals surface area contributed by atoms with Crippen molar-refractivity contribution in [3.8, 4) is 0 Å². The van der Waals surface area contributed by atoms with Crippen LogP contribution in [0.5, 0.6) is 0 Å². The molecule has 2 aromatic rings. The summed E-state index contributed by atoms with van der Waals surface area (Å²) in [5.41, 5.74) is 6.88. The lowest BCUT2D eigenvalue weighted by Crippen LogP contribution is -2.40. The van der Waals surface area contributed by atoms with Crippen molar-refractivity contribution in [2.45, 2.75) is 38.8 Å². The first-order chi connectivity index (χ1) is 11.2. The average Bonchev–Trinajstić information content (AvgIpc) is 2.59. The molecule has 1 amide bonds. The largest absolute Gasteiger partial charge is 0.369 e. The van der Waals surface area contributed by atoms with Crippen molar-refractivity contribution in [3.63, 3.8) is 0 Å². The SMILES string of the molecule is CCCCOC(C)C(=O)NC(CN)c1ccc2ccccc2c1. The maximum atomic E-state index is 12.3.